The van der Waals surface area contributed by atoms with Gasteiger partial charge in [0.2, 0.25) is 0 Å². The first-order valence-electron chi connectivity index (χ1n) is 7.53. The number of allylic oxidation sites excluding steroid dienone is 2. The molecule has 0 aromatic rings. The number of fused-ring (bicyclic) bond motifs is 1. The highest BCUT2D eigenvalue weighted by molar-refractivity contribution is 5.33. The van der Waals surface area contributed by atoms with Crippen LogP contribution in [0.2, 0.25) is 0 Å². The van der Waals surface area contributed by atoms with Crippen LogP contribution < -0.4 is 0 Å². The molecule has 2 atom stereocenters. The molecule has 0 heteroatoms. The molecule has 0 nitrogen and oxygen atoms in total. The Bertz CT molecular complexity index is 330. The normalized spacial score (nSPS) is 34.9. The van der Waals surface area contributed by atoms with Crippen molar-refractivity contribution < 1.29 is 0 Å². The molecule has 0 amide bonds. The van der Waals surface area contributed by atoms with Crippen LogP contribution in [-0.4, -0.2) is 0 Å². The molecule has 0 N–H and O–H groups in total. The summed E-state index contributed by atoms with van der Waals surface area (Å²) >= 11 is 0. The Morgan fingerprint density at radius 3 is 2.41 bits per heavy atom. The van der Waals surface area contributed by atoms with E-state index in [4.69, 9.17) is 0 Å². The Morgan fingerprint density at radius 1 is 1.18 bits per heavy atom. The summed E-state index contributed by atoms with van der Waals surface area (Å²) in [5, 5.41) is 0. The lowest BCUT2D eigenvalue weighted by molar-refractivity contribution is 0.207. The van der Waals surface area contributed by atoms with Crippen molar-refractivity contribution in [2.75, 3.05) is 0 Å². The quantitative estimate of drug-likeness (QED) is 0.547. The zero-order chi connectivity index (χ0) is 12.8. The maximum atomic E-state index is 2.49. The van der Waals surface area contributed by atoms with E-state index in [0.717, 1.165) is 11.8 Å². The Balaban J connectivity index is 2.46. The Morgan fingerprint density at radius 2 is 1.82 bits per heavy atom. The van der Waals surface area contributed by atoms with Crippen molar-refractivity contribution in [3.8, 4) is 0 Å². The van der Waals surface area contributed by atoms with Crippen LogP contribution in [0.4, 0.5) is 0 Å². The minimum absolute atomic E-state index is 0.451. The van der Waals surface area contributed by atoms with Crippen LogP contribution in [-0.2, 0) is 0 Å². The molecular formula is C17H30. The van der Waals surface area contributed by atoms with Gasteiger partial charge >= 0.3 is 0 Å². The van der Waals surface area contributed by atoms with Crippen LogP contribution in [0.25, 0.3) is 0 Å². The number of hydrogen-bond donors (Lipinski definition) is 0. The predicted molar refractivity (Wildman–Crippen MR) is 76.0 cm³/mol. The molecule has 2 rings (SSSR count). The third kappa shape index (κ3) is 1.98. The highest BCUT2D eigenvalue weighted by atomic mass is 14.5. The molecule has 0 heterocycles. The van der Waals surface area contributed by atoms with E-state index in [9.17, 15) is 0 Å². The van der Waals surface area contributed by atoms with Gasteiger partial charge in [-0.3, -0.25) is 0 Å². The first kappa shape index (κ1) is 13.2. The van der Waals surface area contributed by atoms with Crippen LogP contribution in [0.5, 0.6) is 0 Å². The second kappa shape index (κ2) is 4.14. The topological polar surface area (TPSA) is 0 Å². The van der Waals surface area contributed by atoms with E-state index < -0.39 is 0 Å². The van der Waals surface area contributed by atoms with E-state index in [1.54, 1.807) is 0 Å². The van der Waals surface area contributed by atoms with Gasteiger partial charge in [0, 0.05) is 0 Å². The monoisotopic (exact) mass is 234 g/mol. The maximum absolute atomic E-state index is 2.49. The summed E-state index contributed by atoms with van der Waals surface area (Å²) in [6.07, 6.45) is 6.85. The average Bonchev–Trinajstić information content (AvgIpc) is 2.46. The fraction of sp³-hybridized carbons (Fsp3) is 0.882. The highest BCUT2D eigenvalue weighted by Crippen LogP contribution is 2.61. The zero-order valence-electron chi connectivity index (χ0n) is 12.7. The van der Waals surface area contributed by atoms with Gasteiger partial charge in [-0.15, -0.1) is 0 Å². The van der Waals surface area contributed by atoms with Gasteiger partial charge in [-0.05, 0) is 48.3 Å². The molecule has 1 saturated carbocycles. The molecular weight excluding hydrogens is 204 g/mol. The van der Waals surface area contributed by atoms with E-state index >= 15 is 0 Å². The smallest absolute Gasteiger partial charge is 0.0113 e. The molecule has 0 aromatic carbocycles. The lowest BCUT2D eigenvalue weighted by Gasteiger charge is -2.42. The molecule has 98 valence electrons. The SMILES string of the molecule is CCCC1=C2C(C[C@H](C)C2(C)C)C(C)(C)CC1. The van der Waals surface area contributed by atoms with Crippen molar-refractivity contribution in [1.29, 1.82) is 0 Å². The standard InChI is InChI=1S/C17H30/c1-7-8-13-9-10-16(3,4)14-11-12(2)17(5,6)15(13)14/h12,14H,7-11H2,1-6H3/t12-,14?/m0/s1. The van der Waals surface area contributed by atoms with Gasteiger partial charge in [-0.2, -0.15) is 0 Å². The van der Waals surface area contributed by atoms with Crippen molar-refractivity contribution in [2.24, 2.45) is 22.7 Å². The van der Waals surface area contributed by atoms with E-state index in [1.165, 1.54) is 32.1 Å². The minimum Gasteiger partial charge on any atom is -0.0701 e. The van der Waals surface area contributed by atoms with Gasteiger partial charge in [-0.1, -0.05) is 59.1 Å². The third-order valence-electron chi connectivity index (χ3n) is 5.81. The maximum Gasteiger partial charge on any atom is -0.0113 e. The molecule has 1 unspecified atom stereocenters. The summed E-state index contributed by atoms with van der Waals surface area (Å²) in [6, 6.07) is 0. The lowest BCUT2D eigenvalue weighted by atomic mass is 9.63. The van der Waals surface area contributed by atoms with Gasteiger partial charge in [0.15, 0.2) is 0 Å². The number of hydrogen-bond acceptors (Lipinski definition) is 0. The van der Waals surface area contributed by atoms with Crippen LogP contribution in [0.15, 0.2) is 11.1 Å². The van der Waals surface area contributed by atoms with Gasteiger partial charge < -0.3 is 0 Å². The van der Waals surface area contributed by atoms with Crippen LogP contribution in [0.1, 0.15) is 73.6 Å². The van der Waals surface area contributed by atoms with Crippen LogP contribution in [0.3, 0.4) is 0 Å². The Labute approximate surface area is 108 Å². The van der Waals surface area contributed by atoms with Gasteiger partial charge in [0.05, 0.1) is 0 Å². The number of rotatable bonds is 2. The van der Waals surface area contributed by atoms with E-state index in [2.05, 4.69) is 41.5 Å². The van der Waals surface area contributed by atoms with Gasteiger partial charge in [0.1, 0.15) is 0 Å². The molecule has 1 fully saturated rings. The zero-order valence-corrected chi connectivity index (χ0v) is 12.7. The molecule has 2 aliphatic rings. The average molecular weight is 234 g/mol. The predicted octanol–water partition coefficient (Wildman–Crippen LogP) is 5.59. The summed E-state index contributed by atoms with van der Waals surface area (Å²) in [4.78, 5) is 0. The summed E-state index contributed by atoms with van der Waals surface area (Å²) in [5.41, 5.74) is 4.68. The van der Waals surface area contributed by atoms with Gasteiger partial charge in [-0.25, -0.2) is 0 Å². The van der Waals surface area contributed by atoms with E-state index in [1.807, 2.05) is 11.1 Å². The van der Waals surface area contributed by atoms with Crippen molar-refractivity contribution in [3.05, 3.63) is 11.1 Å². The van der Waals surface area contributed by atoms with E-state index in [0.29, 0.717) is 10.8 Å². The Hall–Kier alpha value is -0.260. The molecule has 17 heavy (non-hydrogen) atoms. The third-order valence-corrected chi connectivity index (χ3v) is 5.81. The Kier molecular flexibility index (Phi) is 3.21. The van der Waals surface area contributed by atoms with E-state index in [-0.39, 0.29) is 0 Å². The summed E-state index contributed by atoms with van der Waals surface area (Å²) in [7, 11) is 0. The summed E-state index contributed by atoms with van der Waals surface area (Å²) in [5.74, 6) is 1.72. The molecule has 0 aliphatic heterocycles. The first-order chi connectivity index (χ1) is 7.80. The first-order valence-corrected chi connectivity index (χ1v) is 7.53. The second-order valence-electron chi connectivity index (χ2n) is 7.67. The van der Waals surface area contributed by atoms with Gasteiger partial charge in [0.25, 0.3) is 0 Å². The molecule has 0 bridgehead atoms. The fourth-order valence-electron chi connectivity index (χ4n) is 4.24. The largest absolute Gasteiger partial charge is 0.0701 e. The fourth-order valence-corrected chi connectivity index (χ4v) is 4.24. The van der Waals surface area contributed by atoms with Crippen molar-refractivity contribution in [1.82, 2.24) is 0 Å². The molecule has 0 radical (unpaired) electrons. The lowest BCUT2D eigenvalue weighted by Crippen LogP contribution is -2.30. The summed E-state index contributed by atoms with van der Waals surface area (Å²) in [6.45, 7) is 14.8. The highest BCUT2D eigenvalue weighted by Gasteiger charge is 2.50. The molecule has 0 saturated heterocycles. The molecule has 0 aromatic heterocycles. The van der Waals surface area contributed by atoms with Crippen molar-refractivity contribution >= 4 is 0 Å². The second-order valence-corrected chi connectivity index (χ2v) is 7.67. The van der Waals surface area contributed by atoms with Crippen LogP contribution >= 0.6 is 0 Å². The van der Waals surface area contributed by atoms with Crippen LogP contribution in [0, 0.1) is 22.7 Å². The molecule has 0 spiro atoms. The minimum atomic E-state index is 0.451. The summed E-state index contributed by atoms with van der Waals surface area (Å²) < 4.78 is 0. The van der Waals surface area contributed by atoms with Crippen molar-refractivity contribution in [3.63, 3.8) is 0 Å². The van der Waals surface area contributed by atoms with Crippen molar-refractivity contribution in [2.45, 2.75) is 73.6 Å². The molecule has 2 aliphatic carbocycles.